The van der Waals surface area contributed by atoms with Gasteiger partial charge >= 0.3 is 5.97 Å². The number of hydrogen-bond donors (Lipinski definition) is 4. The number of fused-ring (bicyclic) bond motifs is 5. The van der Waals surface area contributed by atoms with E-state index in [1.807, 2.05) is 18.2 Å². The second kappa shape index (κ2) is 10.6. The zero-order chi connectivity index (χ0) is 31.6. The van der Waals surface area contributed by atoms with Gasteiger partial charge < -0.3 is 39.2 Å². The summed E-state index contributed by atoms with van der Waals surface area (Å²) in [6.45, 7) is 1.93. The number of rotatable bonds is 6. The molecule has 3 aromatic carbocycles. The number of hydrogen-bond acceptors (Lipinski definition) is 7. The van der Waals surface area contributed by atoms with Gasteiger partial charge in [-0.1, -0.05) is 0 Å². The molecule has 3 aromatic heterocycles. The maximum Gasteiger partial charge on any atom is 0.340 e. The van der Waals surface area contributed by atoms with Gasteiger partial charge in [0.05, 0.1) is 31.0 Å². The molecule has 0 saturated carbocycles. The molecular weight excluding hydrogens is 600 g/mol. The number of furan rings is 1. The third-order valence-corrected chi connectivity index (χ3v) is 8.62. The molecule has 1 atom stereocenters. The van der Waals surface area contributed by atoms with Crippen LogP contribution in [0.15, 0.2) is 59.0 Å². The summed E-state index contributed by atoms with van der Waals surface area (Å²) in [6.07, 6.45) is 0. The maximum absolute atomic E-state index is 13.9. The number of phenolic OH excluding ortho intramolecular Hbond substituents is 1. The lowest BCUT2D eigenvalue weighted by atomic mass is 9.95. The molecule has 4 heterocycles. The van der Waals surface area contributed by atoms with Crippen LogP contribution in [0.3, 0.4) is 0 Å². The van der Waals surface area contributed by atoms with Crippen LogP contribution in [0.4, 0.5) is 11.4 Å². The van der Waals surface area contributed by atoms with Crippen molar-refractivity contribution >= 4 is 73.5 Å². The lowest BCUT2D eigenvalue weighted by Crippen LogP contribution is -2.29. The number of carbonyl (C=O) groups is 3. The van der Waals surface area contributed by atoms with Crippen LogP contribution in [-0.2, 0) is 4.74 Å². The lowest BCUT2D eigenvalue weighted by Gasteiger charge is -2.16. The van der Waals surface area contributed by atoms with Crippen LogP contribution >= 0.6 is 11.6 Å². The van der Waals surface area contributed by atoms with E-state index >= 15 is 0 Å². The van der Waals surface area contributed by atoms with E-state index in [-0.39, 0.29) is 41.3 Å². The summed E-state index contributed by atoms with van der Waals surface area (Å²) in [5.41, 5.74) is 4.46. The molecule has 45 heavy (non-hydrogen) atoms. The van der Waals surface area contributed by atoms with E-state index in [0.717, 1.165) is 10.9 Å². The topological polar surface area (TPSA) is 150 Å². The Morgan fingerprint density at radius 2 is 1.89 bits per heavy atom. The van der Waals surface area contributed by atoms with Crippen LogP contribution in [0.1, 0.15) is 48.6 Å². The Kier molecular flexibility index (Phi) is 6.70. The molecule has 0 fully saturated rings. The molecule has 0 aliphatic carbocycles. The predicted molar refractivity (Wildman–Crippen MR) is 170 cm³/mol. The summed E-state index contributed by atoms with van der Waals surface area (Å²) in [5.74, 6) is -0.831. The fraction of sp³-hybridized carbons (Fsp3) is 0.182. The first-order chi connectivity index (χ1) is 21.7. The molecule has 0 bridgehead atoms. The Hall–Kier alpha value is -5.42. The highest BCUT2D eigenvalue weighted by Crippen LogP contribution is 2.47. The van der Waals surface area contributed by atoms with Gasteiger partial charge in [0.15, 0.2) is 5.76 Å². The molecule has 228 valence electrons. The van der Waals surface area contributed by atoms with Crippen molar-refractivity contribution in [2.45, 2.75) is 12.8 Å². The van der Waals surface area contributed by atoms with Crippen LogP contribution in [0.5, 0.6) is 11.5 Å². The molecule has 1 aliphatic rings. The highest BCUT2D eigenvalue weighted by atomic mass is 35.5. The van der Waals surface area contributed by atoms with Gasteiger partial charge in [-0.25, -0.2) is 4.79 Å². The van der Waals surface area contributed by atoms with Gasteiger partial charge in [0, 0.05) is 57.5 Å². The number of amides is 2. The monoisotopic (exact) mass is 626 g/mol. The SMILES string of the molecule is COC(=O)c1c(C)[nH]c2c(O)cc3c(c12)[C@H](CCl)CN3C(=O)c1cc2cc(NC(=O)c3cc4cc(OC)ccc4[nH]3)ccc2o1. The van der Waals surface area contributed by atoms with Crippen LogP contribution in [0, 0.1) is 6.92 Å². The minimum Gasteiger partial charge on any atom is -0.506 e. The fourth-order valence-electron chi connectivity index (χ4n) is 6.13. The highest BCUT2D eigenvalue weighted by Gasteiger charge is 2.38. The van der Waals surface area contributed by atoms with Crippen LogP contribution < -0.4 is 15.0 Å². The van der Waals surface area contributed by atoms with Crippen LogP contribution in [0.2, 0.25) is 0 Å². The second-order valence-electron chi connectivity index (χ2n) is 10.9. The number of phenols is 1. The largest absolute Gasteiger partial charge is 0.506 e. The first-order valence-electron chi connectivity index (χ1n) is 14.1. The molecule has 2 amide bonds. The number of carbonyl (C=O) groups excluding carboxylic acids is 3. The third kappa shape index (κ3) is 4.54. The van der Waals surface area contributed by atoms with E-state index in [1.165, 1.54) is 18.1 Å². The number of aromatic amines is 2. The quantitative estimate of drug-likeness (QED) is 0.123. The highest BCUT2D eigenvalue weighted by molar-refractivity contribution is 6.20. The lowest BCUT2D eigenvalue weighted by molar-refractivity contribution is 0.0602. The molecule has 4 N–H and O–H groups in total. The summed E-state index contributed by atoms with van der Waals surface area (Å²) >= 11 is 6.38. The summed E-state index contributed by atoms with van der Waals surface area (Å²) in [7, 11) is 2.87. The Balaban J connectivity index is 1.19. The minimum atomic E-state index is -0.561. The second-order valence-corrected chi connectivity index (χ2v) is 11.2. The average Bonchev–Trinajstić information content (AvgIpc) is 3.81. The minimum absolute atomic E-state index is 0.0669. The molecule has 0 radical (unpaired) electrons. The number of nitrogens with zero attached hydrogens (tertiary/aromatic N) is 1. The zero-order valence-corrected chi connectivity index (χ0v) is 25.2. The Bertz CT molecular complexity index is 2190. The molecular formula is C33H27ClN4O7. The molecule has 6 aromatic rings. The number of esters is 1. The first kappa shape index (κ1) is 28.4. The van der Waals surface area contributed by atoms with Crippen molar-refractivity contribution in [2.24, 2.45) is 0 Å². The van der Waals surface area contributed by atoms with Crippen LogP contribution in [0.25, 0.3) is 32.8 Å². The number of ether oxygens (including phenoxy) is 2. The summed E-state index contributed by atoms with van der Waals surface area (Å²) in [4.78, 5) is 47.3. The number of methoxy groups -OCH3 is 2. The number of nitrogens with one attached hydrogen (secondary N) is 3. The van der Waals surface area contributed by atoms with Gasteiger partial charge in [-0.2, -0.15) is 0 Å². The van der Waals surface area contributed by atoms with E-state index < -0.39 is 11.9 Å². The van der Waals surface area contributed by atoms with Gasteiger partial charge in [0.2, 0.25) is 0 Å². The van der Waals surface area contributed by atoms with E-state index in [9.17, 15) is 19.5 Å². The summed E-state index contributed by atoms with van der Waals surface area (Å²) < 4.78 is 16.2. The molecule has 7 rings (SSSR count). The zero-order valence-electron chi connectivity index (χ0n) is 24.4. The smallest absolute Gasteiger partial charge is 0.340 e. The Labute approximate surface area is 260 Å². The van der Waals surface area contributed by atoms with Crippen molar-refractivity contribution < 1.29 is 33.4 Å². The van der Waals surface area contributed by atoms with Crippen molar-refractivity contribution in [3.8, 4) is 11.5 Å². The van der Waals surface area contributed by atoms with Crippen molar-refractivity contribution in [1.82, 2.24) is 9.97 Å². The number of H-pyrrole nitrogens is 2. The summed E-state index contributed by atoms with van der Waals surface area (Å²) in [5, 5.41) is 15.7. The summed E-state index contributed by atoms with van der Waals surface area (Å²) in [6, 6.07) is 15.4. The van der Waals surface area contributed by atoms with Crippen molar-refractivity contribution in [3.05, 3.63) is 82.9 Å². The molecule has 12 heteroatoms. The maximum atomic E-state index is 13.9. The van der Waals surface area contributed by atoms with Gasteiger partial charge in [-0.3, -0.25) is 9.59 Å². The number of aryl methyl sites for hydroxylation is 1. The van der Waals surface area contributed by atoms with E-state index in [0.29, 0.717) is 55.9 Å². The molecule has 11 nitrogen and oxygen atoms in total. The number of anilines is 2. The van der Waals surface area contributed by atoms with Crippen LogP contribution in [-0.4, -0.2) is 59.5 Å². The fourth-order valence-corrected chi connectivity index (χ4v) is 6.39. The average molecular weight is 627 g/mol. The Morgan fingerprint density at radius 1 is 1.07 bits per heavy atom. The predicted octanol–water partition coefficient (Wildman–Crippen LogP) is 6.44. The number of alkyl halides is 1. The van der Waals surface area contributed by atoms with Gasteiger partial charge in [-0.05, 0) is 61.0 Å². The number of aromatic hydroxyl groups is 1. The standard InChI is InChI=1S/C33H27ClN4O7/c1-15-27(33(42)44-3)29-28-18(13-34)14-38(23(28)12-24(39)30(29)35-15)32(41)26-11-17-8-19(4-7-25(17)45-26)36-31(40)22-10-16-9-20(43-2)5-6-21(16)37-22/h4-12,18,35,37,39H,13-14H2,1-3H3,(H,36,40)/t18-/m1/s1. The Morgan fingerprint density at radius 3 is 2.64 bits per heavy atom. The normalized spacial score (nSPS) is 14.3. The van der Waals surface area contributed by atoms with E-state index in [4.69, 9.17) is 25.5 Å². The van der Waals surface area contributed by atoms with Crippen molar-refractivity contribution in [3.63, 3.8) is 0 Å². The number of halogens is 1. The molecule has 1 aliphatic heterocycles. The molecule has 0 saturated heterocycles. The molecule has 0 spiro atoms. The number of benzene rings is 3. The van der Waals surface area contributed by atoms with Crippen molar-refractivity contribution in [1.29, 1.82) is 0 Å². The van der Waals surface area contributed by atoms with Gasteiger partial charge in [0.25, 0.3) is 11.8 Å². The van der Waals surface area contributed by atoms with Gasteiger partial charge in [-0.15, -0.1) is 11.6 Å². The van der Waals surface area contributed by atoms with Gasteiger partial charge in [0.1, 0.15) is 22.8 Å². The van der Waals surface area contributed by atoms with Crippen molar-refractivity contribution in [2.75, 3.05) is 36.9 Å². The first-order valence-corrected chi connectivity index (χ1v) is 14.6. The molecule has 0 unspecified atom stereocenters. The third-order valence-electron chi connectivity index (χ3n) is 8.24. The van der Waals surface area contributed by atoms with E-state index in [2.05, 4.69) is 15.3 Å². The van der Waals surface area contributed by atoms with E-state index in [1.54, 1.807) is 44.4 Å². The number of aromatic nitrogens is 2.